The Balaban J connectivity index is 2.05. The van der Waals surface area contributed by atoms with E-state index < -0.39 is 5.97 Å². The lowest BCUT2D eigenvalue weighted by atomic mass is 10.1. The van der Waals surface area contributed by atoms with Gasteiger partial charge in [0, 0.05) is 0 Å². The number of carboxylic acid groups (broad SMARTS) is 1. The van der Waals surface area contributed by atoms with Gasteiger partial charge in [-0.1, -0.05) is 5.21 Å². The van der Waals surface area contributed by atoms with E-state index in [2.05, 4.69) is 10.3 Å². The molecule has 5 nitrogen and oxygen atoms in total. The number of aromatic carboxylic acids is 1. The number of carbonyl (C=O) groups is 1. The fourth-order valence-electron chi connectivity index (χ4n) is 2.27. The van der Waals surface area contributed by atoms with Crippen molar-refractivity contribution in [2.75, 3.05) is 11.5 Å². The van der Waals surface area contributed by atoms with Crippen molar-refractivity contribution in [2.24, 2.45) is 0 Å². The summed E-state index contributed by atoms with van der Waals surface area (Å²) in [6, 6.07) is 5.31. The number of fused-ring (bicyclic) bond motifs is 1. The number of hydrogen-bond donors (Lipinski definition) is 1. The normalized spacial score (nSPS) is 17.1. The van der Waals surface area contributed by atoms with Crippen molar-refractivity contribution >= 4 is 28.8 Å². The van der Waals surface area contributed by atoms with Crippen molar-refractivity contribution < 1.29 is 9.90 Å². The predicted molar refractivity (Wildman–Crippen MR) is 70.1 cm³/mol. The maximum absolute atomic E-state index is 11.0. The highest BCUT2D eigenvalue weighted by Gasteiger charge is 2.19. The van der Waals surface area contributed by atoms with Crippen LogP contribution in [0.4, 0.5) is 0 Å². The molecule has 0 amide bonds. The molecule has 0 spiro atoms. The molecule has 6 heteroatoms. The van der Waals surface area contributed by atoms with Crippen LogP contribution in [-0.2, 0) is 0 Å². The molecule has 0 bridgehead atoms. The highest BCUT2D eigenvalue weighted by molar-refractivity contribution is 7.99. The third-order valence-electron chi connectivity index (χ3n) is 3.25. The third-order valence-corrected chi connectivity index (χ3v) is 4.30. The van der Waals surface area contributed by atoms with Crippen LogP contribution in [0.2, 0.25) is 0 Å². The number of thioether (sulfide) groups is 1. The molecule has 0 unspecified atom stereocenters. The number of hydrogen-bond acceptors (Lipinski definition) is 4. The molecule has 1 aliphatic heterocycles. The first-order valence-corrected chi connectivity index (χ1v) is 7.07. The Morgan fingerprint density at radius 2 is 2.17 bits per heavy atom. The zero-order chi connectivity index (χ0) is 12.5. The van der Waals surface area contributed by atoms with Gasteiger partial charge in [0.15, 0.2) is 0 Å². The van der Waals surface area contributed by atoms with Gasteiger partial charge in [0.2, 0.25) is 0 Å². The van der Waals surface area contributed by atoms with Gasteiger partial charge < -0.3 is 5.11 Å². The minimum Gasteiger partial charge on any atom is -0.478 e. The van der Waals surface area contributed by atoms with E-state index in [0.717, 1.165) is 35.4 Å². The molecule has 0 radical (unpaired) electrons. The molecular formula is C12H13N3O2S. The second-order valence-electron chi connectivity index (χ2n) is 4.39. The van der Waals surface area contributed by atoms with E-state index >= 15 is 0 Å². The molecule has 18 heavy (non-hydrogen) atoms. The predicted octanol–water partition coefficient (Wildman–Crippen LogP) is 2.20. The average molecular weight is 263 g/mol. The van der Waals surface area contributed by atoms with E-state index in [4.69, 9.17) is 5.11 Å². The SMILES string of the molecule is O=C(O)c1ccc2nnn(C3CCSCC3)c2c1. The van der Waals surface area contributed by atoms with E-state index in [1.54, 1.807) is 18.2 Å². The van der Waals surface area contributed by atoms with E-state index in [1.165, 1.54) is 0 Å². The fourth-order valence-corrected chi connectivity index (χ4v) is 3.35. The molecule has 2 aromatic rings. The maximum Gasteiger partial charge on any atom is 0.335 e. The summed E-state index contributed by atoms with van der Waals surface area (Å²) in [5, 5.41) is 17.3. The molecule has 94 valence electrons. The summed E-state index contributed by atoms with van der Waals surface area (Å²) < 4.78 is 1.89. The summed E-state index contributed by atoms with van der Waals surface area (Å²) in [5.41, 5.74) is 1.88. The van der Waals surface area contributed by atoms with Crippen LogP contribution in [0.5, 0.6) is 0 Å². The van der Waals surface area contributed by atoms with Gasteiger partial charge in [-0.25, -0.2) is 9.48 Å². The van der Waals surface area contributed by atoms with Crippen molar-refractivity contribution in [1.82, 2.24) is 15.0 Å². The Morgan fingerprint density at radius 1 is 1.39 bits per heavy atom. The molecule has 1 fully saturated rings. The second-order valence-corrected chi connectivity index (χ2v) is 5.61. The Kier molecular flexibility index (Phi) is 2.95. The molecule has 1 N–H and O–H groups in total. The fraction of sp³-hybridized carbons (Fsp3) is 0.417. The zero-order valence-electron chi connectivity index (χ0n) is 9.74. The molecule has 2 heterocycles. The number of benzene rings is 1. The number of aromatic nitrogens is 3. The first kappa shape index (κ1) is 11.5. The van der Waals surface area contributed by atoms with E-state index in [9.17, 15) is 4.79 Å². The van der Waals surface area contributed by atoms with E-state index in [0.29, 0.717) is 6.04 Å². The topological polar surface area (TPSA) is 68.0 Å². The number of nitrogens with zero attached hydrogens (tertiary/aromatic N) is 3. The summed E-state index contributed by atoms with van der Waals surface area (Å²) >= 11 is 1.95. The molecular weight excluding hydrogens is 250 g/mol. The summed E-state index contributed by atoms with van der Waals surface area (Å²) in [6.07, 6.45) is 2.14. The van der Waals surface area contributed by atoms with Gasteiger partial charge >= 0.3 is 5.97 Å². The van der Waals surface area contributed by atoms with Crippen molar-refractivity contribution in [1.29, 1.82) is 0 Å². The lowest BCUT2D eigenvalue weighted by molar-refractivity contribution is 0.0697. The molecule has 1 aromatic carbocycles. The average Bonchev–Trinajstić information content (AvgIpc) is 2.82. The quantitative estimate of drug-likeness (QED) is 0.899. The molecule has 1 aliphatic rings. The molecule has 1 aromatic heterocycles. The lowest BCUT2D eigenvalue weighted by Gasteiger charge is -2.21. The van der Waals surface area contributed by atoms with Crippen molar-refractivity contribution in [3.63, 3.8) is 0 Å². The number of rotatable bonds is 2. The molecule has 3 rings (SSSR count). The van der Waals surface area contributed by atoms with Gasteiger partial charge in [-0.05, 0) is 42.5 Å². The van der Waals surface area contributed by atoms with Crippen molar-refractivity contribution in [3.05, 3.63) is 23.8 Å². The summed E-state index contributed by atoms with van der Waals surface area (Å²) in [6.45, 7) is 0. The summed E-state index contributed by atoms with van der Waals surface area (Å²) in [7, 11) is 0. The zero-order valence-corrected chi connectivity index (χ0v) is 10.6. The van der Waals surface area contributed by atoms with Crippen LogP contribution in [0.1, 0.15) is 29.2 Å². The van der Waals surface area contributed by atoms with E-state index in [-0.39, 0.29) is 5.56 Å². The van der Waals surface area contributed by atoms with E-state index in [1.807, 2.05) is 16.4 Å². The first-order chi connectivity index (χ1) is 8.75. The van der Waals surface area contributed by atoms with Crippen LogP contribution < -0.4 is 0 Å². The lowest BCUT2D eigenvalue weighted by Crippen LogP contribution is -2.16. The number of carboxylic acids is 1. The Labute approximate surface area is 108 Å². The molecule has 1 saturated heterocycles. The Hall–Kier alpha value is -1.56. The van der Waals surface area contributed by atoms with Crippen LogP contribution in [-0.4, -0.2) is 37.6 Å². The highest BCUT2D eigenvalue weighted by atomic mass is 32.2. The van der Waals surface area contributed by atoms with Crippen LogP contribution in [0.3, 0.4) is 0 Å². The molecule has 0 aliphatic carbocycles. The largest absolute Gasteiger partial charge is 0.478 e. The van der Waals surface area contributed by atoms with Gasteiger partial charge in [0.1, 0.15) is 5.52 Å². The maximum atomic E-state index is 11.0. The standard InChI is InChI=1S/C12H13N3O2S/c16-12(17)8-1-2-10-11(7-8)15(14-13-10)9-3-5-18-6-4-9/h1-2,7,9H,3-6H2,(H,16,17). The second kappa shape index (κ2) is 4.61. The van der Waals surface area contributed by atoms with Crippen LogP contribution in [0.25, 0.3) is 11.0 Å². The van der Waals surface area contributed by atoms with Crippen molar-refractivity contribution in [2.45, 2.75) is 18.9 Å². The van der Waals surface area contributed by atoms with Crippen LogP contribution in [0.15, 0.2) is 18.2 Å². The third kappa shape index (κ3) is 1.96. The van der Waals surface area contributed by atoms with Gasteiger partial charge in [-0.2, -0.15) is 11.8 Å². The van der Waals surface area contributed by atoms with Gasteiger partial charge in [0.25, 0.3) is 0 Å². The summed E-state index contributed by atoms with van der Waals surface area (Å²) in [5.74, 6) is 1.35. The van der Waals surface area contributed by atoms with Crippen molar-refractivity contribution in [3.8, 4) is 0 Å². The smallest absolute Gasteiger partial charge is 0.335 e. The molecule has 0 saturated carbocycles. The van der Waals surface area contributed by atoms with Crippen LogP contribution >= 0.6 is 11.8 Å². The first-order valence-electron chi connectivity index (χ1n) is 5.92. The van der Waals surface area contributed by atoms with Crippen LogP contribution in [0, 0.1) is 0 Å². The Bertz CT molecular complexity index is 590. The molecule has 0 atom stereocenters. The highest BCUT2D eigenvalue weighted by Crippen LogP contribution is 2.29. The van der Waals surface area contributed by atoms with Gasteiger partial charge in [-0.3, -0.25) is 0 Å². The van der Waals surface area contributed by atoms with Gasteiger partial charge in [-0.15, -0.1) is 5.10 Å². The monoisotopic (exact) mass is 263 g/mol. The minimum atomic E-state index is -0.913. The Morgan fingerprint density at radius 3 is 2.89 bits per heavy atom. The van der Waals surface area contributed by atoms with Gasteiger partial charge in [0.05, 0.1) is 17.1 Å². The summed E-state index contributed by atoms with van der Waals surface area (Å²) in [4.78, 5) is 11.0. The minimum absolute atomic E-state index is 0.288.